The molecule has 36 heavy (non-hydrogen) atoms. The van der Waals surface area contributed by atoms with Crippen molar-refractivity contribution in [1.29, 1.82) is 0 Å². The Labute approximate surface area is 233 Å². The average Bonchev–Trinajstić information content (AvgIpc) is 3.41. The van der Waals surface area contributed by atoms with Crippen molar-refractivity contribution in [2.75, 3.05) is 0 Å². The van der Waals surface area contributed by atoms with E-state index in [4.69, 9.17) is 4.82 Å². The van der Waals surface area contributed by atoms with Gasteiger partial charge in [0, 0.05) is 0 Å². The van der Waals surface area contributed by atoms with Crippen molar-refractivity contribution in [2.24, 2.45) is 0 Å². The molecule has 0 amide bonds. The summed E-state index contributed by atoms with van der Waals surface area (Å²) in [6.45, 7) is 4.55. The van der Waals surface area contributed by atoms with Gasteiger partial charge in [-0.3, -0.25) is 0 Å². The van der Waals surface area contributed by atoms with Gasteiger partial charge < -0.3 is 24.8 Å². The molecule has 0 aliphatic heterocycles. The third kappa shape index (κ3) is 4.64. The maximum absolute atomic E-state index is 4.91. The van der Waals surface area contributed by atoms with Gasteiger partial charge in [0.25, 0.3) is 0 Å². The number of rotatable bonds is 4. The Morgan fingerprint density at radius 2 is 0.917 bits per heavy atom. The van der Waals surface area contributed by atoms with E-state index in [1.54, 1.807) is 0 Å². The van der Waals surface area contributed by atoms with Crippen LogP contribution in [0.15, 0.2) is 109 Å². The maximum atomic E-state index is 4.91. The van der Waals surface area contributed by atoms with Gasteiger partial charge in [0.1, 0.15) is 0 Å². The first-order valence-corrected chi connectivity index (χ1v) is 15.0. The molecule has 6 rings (SSSR count). The Bertz CT molecular complexity index is 1370. The van der Waals surface area contributed by atoms with Crippen molar-refractivity contribution in [3.05, 3.63) is 131 Å². The monoisotopic (exact) mass is 542 g/mol. The van der Waals surface area contributed by atoms with Crippen molar-refractivity contribution >= 4 is 16.0 Å². The van der Waals surface area contributed by atoms with Gasteiger partial charge in [-0.05, 0) is 0 Å². The summed E-state index contributed by atoms with van der Waals surface area (Å²) in [6, 6.07) is 35.5. The molecule has 0 radical (unpaired) electrons. The summed E-state index contributed by atoms with van der Waals surface area (Å²) in [6.07, 6.45) is 5.03. The predicted octanol–water partition coefficient (Wildman–Crippen LogP) is 2.70. The molecule has 0 heterocycles. The van der Waals surface area contributed by atoms with Crippen LogP contribution in [0.3, 0.4) is 0 Å². The van der Waals surface area contributed by atoms with Crippen LogP contribution in [0.1, 0.15) is 44.5 Å². The van der Waals surface area contributed by atoms with E-state index in [1.807, 2.05) is 0 Å². The predicted molar refractivity (Wildman–Crippen MR) is 144 cm³/mol. The number of hydrogen-bond donors (Lipinski definition) is 0. The molecular formula is C33H28Cl2Ti. The van der Waals surface area contributed by atoms with Gasteiger partial charge in [-0.2, -0.15) is 0 Å². The summed E-state index contributed by atoms with van der Waals surface area (Å²) in [7, 11) is 0. The van der Waals surface area contributed by atoms with Crippen molar-refractivity contribution in [3.8, 4) is 22.3 Å². The second-order valence-electron chi connectivity index (χ2n) is 9.57. The van der Waals surface area contributed by atoms with Crippen LogP contribution in [0.4, 0.5) is 0 Å². The van der Waals surface area contributed by atoms with Crippen LogP contribution < -0.4 is 24.8 Å². The van der Waals surface area contributed by atoms with Crippen LogP contribution in [0.25, 0.3) is 33.4 Å². The summed E-state index contributed by atoms with van der Waals surface area (Å²) in [5.41, 5.74) is 13.8. The van der Waals surface area contributed by atoms with E-state index in [-0.39, 0.29) is 24.8 Å². The molecule has 0 fully saturated rings. The van der Waals surface area contributed by atoms with E-state index < -0.39 is 17.4 Å². The number of allylic oxidation sites excluding steroid dienone is 4. The molecule has 0 spiro atoms. The number of benzene rings is 4. The van der Waals surface area contributed by atoms with Gasteiger partial charge in [-0.25, -0.2) is 0 Å². The standard InChI is InChI=1S/2C16H13.CH2.2ClH.Ti/c2*1-12-7-8-14-9-10-15(11-16(12)14)13-5-3-2-4-6-13;;;;/h2*2-11H,1H3;1H2;2*1H;/q;;;;;+2/p-2. The van der Waals surface area contributed by atoms with Crippen molar-refractivity contribution < 1.29 is 42.2 Å². The maximum Gasteiger partial charge on any atom is -1.00 e. The van der Waals surface area contributed by atoms with Crippen molar-refractivity contribution in [2.45, 2.75) is 22.3 Å². The third-order valence-corrected chi connectivity index (χ3v) is 11.5. The molecule has 0 bridgehead atoms. The van der Waals surface area contributed by atoms with Gasteiger partial charge in [-0.15, -0.1) is 0 Å². The van der Waals surface area contributed by atoms with Crippen LogP contribution in [-0.2, 0) is 17.4 Å². The summed E-state index contributed by atoms with van der Waals surface area (Å²) >= 11 is -1.78. The largest absolute Gasteiger partial charge is 1.00 e. The first-order chi connectivity index (χ1) is 16.6. The summed E-state index contributed by atoms with van der Waals surface area (Å²) in [5.74, 6) is 0. The van der Waals surface area contributed by atoms with Crippen molar-refractivity contribution in [1.82, 2.24) is 0 Å². The smallest absolute Gasteiger partial charge is 1.00 e. The second kappa shape index (κ2) is 10.9. The number of halogens is 2. The Morgan fingerprint density at radius 3 is 1.31 bits per heavy atom. The topological polar surface area (TPSA) is 0 Å². The van der Waals surface area contributed by atoms with Gasteiger partial charge in [0.05, 0.1) is 0 Å². The van der Waals surface area contributed by atoms with Crippen LogP contribution in [0, 0.1) is 0 Å². The summed E-state index contributed by atoms with van der Waals surface area (Å²) in [5, 5.41) is 0. The first-order valence-electron chi connectivity index (χ1n) is 12.0. The molecule has 0 saturated heterocycles. The minimum Gasteiger partial charge on any atom is -1.00 e. The first kappa shape index (κ1) is 26.6. The molecule has 4 aromatic carbocycles. The fraction of sp³-hybridized carbons (Fsp3) is 0.121. The Kier molecular flexibility index (Phi) is 8.03. The quantitative estimate of drug-likeness (QED) is 0.348. The molecule has 2 aliphatic carbocycles. The summed E-state index contributed by atoms with van der Waals surface area (Å²) < 4.78 is 0.988. The van der Waals surface area contributed by atoms with Gasteiger partial charge in [0.2, 0.25) is 0 Å². The van der Waals surface area contributed by atoms with Gasteiger partial charge in [-0.1, -0.05) is 0 Å². The molecule has 2 atom stereocenters. The molecule has 3 heteroatoms. The molecule has 0 nitrogen and oxygen atoms in total. The van der Waals surface area contributed by atoms with E-state index in [1.165, 1.54) is 55.7 Å². The van der Waals surface area contributed by atoms with Gasteiger partial charge in [0.15, 0.2) is 0 Å². The Morgan fingerprint density at radius 1 is 0.528 bits per heavy atom. The van der Waals surface area contributed by atoms with E-state index in [9.17, 15) is 0 Å². The fourth-order valence-corrected chi connectivity index (χ4v) is 9.71. The minimum absolute atomic E-state index is 0. The molecule has 2 unspecified atom stereocenters. The SMILES string of the molecule is [CH2]=[Ti+2]([CH]1C=C(C)c2cc(-c3ccccc3)ccc21)[CH]1C=C(C)c2cc(-c3ccccc3)ccc21.[Cl-].[Cl-]. The molecular weight excluding hydrogens is 515 g/mol. The van der Waals surface area contributed by atoms with E-state index in [2.05, 4.69) is 123 Å². The fourth-order valence-electron chi connectivity index (χ4n) is 5.62. The van der Waals surface area contributed by atoms with Gasteiger partial charge >= 0.3 is 209 Å². The molecule has 2 aliphatic rings. The normalized spacial score (nSPS) is 16.9. The Balaban J connectivity index is 0.00000152. The van der Waals surface area contributed by atoms with Crippen LogP contribution >= 0.6 is 0 Å². The van der Waals surface area contributed by atoms with E-state index in [0.29, 0.717) is 8.45 Å². The van der Waals surface area contributed by atoms with E-state index >= 15 is 0 Å². The molecule has 0 aromatic heterocycles. The van der Waals surface area contributed by atoms with Crippen LogP contribution in [0.5, 0.6) is 0 Å². The van der Waals surface area contributed by atoms with Crippen molar-refractivity contribution in [3.63, 3.8) is 0 Å². The second-order valence-corrected chi connectivity index (χ2v) is 13.3. The summed E-state index contributed by atoms with van der Waals surface area (Å²) in [4.78, 5) is 4.91. The molecule has 0 N–H and O–H groups in total. The zero-order valence-corrected chi connectivity index (χ0v) is 23.6. The molecule has 4 aromatic rings. The zero-order valence-electron chi connectivity index (χ0n) is 20.5. The Hall–Kier alpha value is -2.48. The minimum atomic E-state index is -1.78. The van der Waals surface area contributed by atoms with Crippen LogP contribution in [0.2, 0.25) is 0 Å². The number of hydrogen-bond acceptors (Lipinski definition) is 0. The zero-order chi connectivity index (χ0) is 23.2. The average molecular weight is 543 g/mol. The van der Waals surface area contributed by atoms with Crippen LogP contribution in [-0.4, -0.2) is 4.82 Å². The molecule has 0 saturated carbocycles. The molecule has 178 valence electrons. The van der Waals surface area contributed by atoms with E-state index in [0.717, 1.165) is 0 Å². The third-order valence-electron chi connectivity index (χ3n) is 7.47. The number of fused-ring (bicyclic) bond motifs is 2.